The molecule has 0 aliphatic heterocycles. The average molecular weight is 285 g/mol. The summed E-state index contributed by atoms with van der Waals surface area (Å²) in [6.45, 7) is 20.7. The van der Waals surface area contributed by atoms with E-state index >= 15 is 0 Å². The van der Waals surface area contributed by atoms with Gasteiger partial charge in [0.2, 0.25) is 0 Å². The number of hydrogen-bond acceptors (Lipinski definition) is 3. The summed E-state index contributed by atoms with van der Waals surface area (Å²) in [7, 11) is 9.56. The van der Waals surface area contributed by atoms with Crippen LogP contribution in [-0.2, 0) is 0 Å². The molecule has 0 saturated heterocycles. The zero-order chi connectivity index (χ0) is 18.0. The number of hydrogen-bond donors (Lipinski definition) is 3. The van der Waals surface area contributed by atoms with Crippen LogP contribution in [0.5, 0.6) is 0 Å². The molecule has 0 aromatic heterocycles. The maximum atomic E-state index is 9.35. The molecular weight excluding hydrogens is 248 g/mol. The number of rotatable bonds is 1. The Morgan fingerprint density at radius 3 is 0.750 bits per heavy atom. The fraction of sp³-hybridized carbons (Fsp3) is 1.00. The van der Waals surface area contributed by atoms with Gasteiger partial charge in [-0.15, -0.1) is 0 Å². The summed E-state index contributed by atoms with van der Waals surface area (Å²) < 4.78 is 0. The monoisotopic (exact) mass is 285 g/mol. The minimum absolute atomic E-state index is 0.00694. The Morgan fingerprint density at radius 2 is 0.750 bits per heavy atom. The first-order valence-electron chi connectivity index (χ1n) is 7.07. The normalized spacial score (nSPS) is 11.9. The quantitative estimate of drug-likeness (QED) is 0.649. The summed E-state index contributed by atoms with van der Waals surface area (Å²) in [5, 5.41) is 18.1. The lowest BCUT2D eigenvalue weighted by Gasteiger charge is -2.33. The maximum Gasteiger partial charge on any atom is 0.174 e. The molecule has 0 aliphatic carbocycles. The van der Waals surface area contributed by atoms with E-state index in [0.717, 1.165) is 0 Å². The van der Waals surface area contributed by atoms with E-state index < -0.39 is 16.5 Å². The van der Waals surface area contributed by atoms with Crippen LogP contribution in [0.25, 0.3) is 0 Å². The summed E-state index contributed by atoms with van der Waals surface area (Å²) >= 11 is 0. The van der Waals surface area contributed by atoms with Gasteiger partial charge in [-0.1, -0.05) is 48.5 Å². The minimum Gasteiger partial charge on any atom is -0.391 e. The van der Waals surface area contributed by atoms with Gasteiger partial charge < -0.3 is 15.9 Å². The van der Waals surface area contributed by atoms with Crippen molar-refractivity contribution in [2.75, 3.05) is 0 Å². The fourth-order valence-electron chi connectivity index (χ4n) is 0. The molecule has 4 radical (unpaired) electrons. The molecule has 20 heavy (non-hydrogen) atoms. The van der Waals surface area contributed by atoms with Crippen molar-refractivity contribution in [1.29, 1.82) is 0 Å². The number of nitrogens with two attached hydrogens (primary N) is 1. The molecule has 0 bridgehead atoms. The van der Waals surface area contributed by atoms with Crippen LogP contribution in [0.3, 0.4) is 0 Å². The van der Waals surface area contributed by atoms with Crippen molar-refractivity contribution < 1.29 is 10.2 Å². The summed E-state index contributed by atoms with van der Waals surface area (Å²) in [6, 6.07) is 0. The van der Waals surface area contributed by atoms with Gasteiger partial charge in [-0.2, -0.15) is 0 Å². The molecule has 0 spiro atoms. The summed E-state index contributed by atoms with van der Waals surface area (Å²) in [4.78, 5) is 0. The first-order chi connectivity index (χ1) is 8.50. The Bertz CT molecular complexity index is 158. The third kappa shape index (κ3) is 16.1. The first kappa shape index (κ1) is 28.2. The molecule has 0 unspecified atom stereocenters. The van der Waals surface area contributed by atoms with Crippen molar-refractivity contribution >= 4 is 15.8 Å². The largest absolute Gasteiger partial charge is 0.391 e. The van der Waals surface area contributed by atoms with E-state index in [1.54, 1.807) is 27.7 Å². The lowest BCUT2D eigenvalue weighted by Crippen LogP contribution is -2.35. The highest BCUT2D eigenvalue weighted by Crippen LogP contribution is 2.33. The van der Waals surface area contributed by atoms with Crippen molar-refractivity contribution in [3.05, 3.63) is 0 Å². The van der Waals surface area contributed by atoms with Crippen LogP contribution >= 0.6 is 0 Å². The van der Waals surface area contributed by atoms with Crippen LogP contribution in [0.4, 0.5) is 0 Å². The molecule has 0 aromatic carbocycles. The van der Waals surface area contributed by atoms with Gasteiger partial charge in [-0.3, -0.25) is 0 Å². The van der Waals surface area contributed by atoms with Crippen LogP contribution < -0.4 is 5.64 Å². The Balaban J connectivity index is -0.000000102. The molecule has 0 amide bonds. The molecule has 0 rings (SSSR count). The van der Waals surface area contributed by atoms with Crippen LogP contribution in [0.15, 0.2) is 0 Å². The first-order valence-corrected chi connectivity index (χ1v) is 7.07. The van der Waals surface area contributed by atoms with E-state index in [2.05, 4.69) is 13.6 Å². The van der Waals surface area contributed by atoms with E-state index in [9.17, 15) is 10.2 Å². The van der Waals surface area contributed by atoms with Gasteiger partial charge in [-0.05, 0) is 38.4 Å². The predicted octanol–water partition coefficient (Wildman–Crippen LogP) is 2.98. The SMILES string of the molecule is CC.CC(C)(C)C(C)(C)O.[B]C(C)(C)C(C)(C)O.[B]N. The van der Waals surface area contributed by atoms with E-state index in [-0.39, 0.29) is 5.41 Å². The highest BCUT2D eigenvalue weighted by molar-refractivity contribution is 6.15. The molecule has 3 nitrogen and oxygen atoms in total. The Hall–Kier alpha value is 0.00987. The second kappa shape index (κ2) is 10.7. The summed E-state index contributed by atoms with van der Waals surface area (Å²) in [5.74, 6) is 0. The zero-order valence-corrected chi connectivity index (χ0v) is 15.6. The lowest BCUT2D eigenvalue weighted by molar-refractivity contribution is -0.0238. The van der Waals surface area contributed by atoms with Crippen LogP contribution in [0, 0.1) is 5.41 Å². The van der Waals surface area contributed by atoms with Crippen molar-refractivity contribution in [2.24, 2.45) is 11.1 Å². The smallest absolute Gasteiger partial charge is 0.174 e. The highest BCUT2D eigenvalue weighted by Gasteiger charge is 2.29. The van der Waals surface area contributed by atoms with E-state index in [0.29, 0.717) is 0 Å². The molecule has 4 N–H and O–H groups in total. The van der Waals surface area contributed by atoms with Crippen LogP contribution in [-0.4, -0.2) is 37.2 Å². The molecule has 5 heteroatoms. The highest BCUT2D eigenvalue weighted by atomic mass is 16.3. The topological polar surface area (TPSA) is 66.5 Å². The van der Waals surface area contributed by atoms with Gasteiger partial charge in [0.15, 0.2) is 7.98 Å². The van der Waals surface area contributed by atoms with Gasteiger partial charge in [0.1, 0.15) is 0 Å². The Kier molecular flexibility index (Phi) is 15.1. The molecule has 0 aromatic rings. The zero-order valence-electron chi connectivity index (χ0n) is 15.6. The standard InChI is InChI=1S/C7H16O.C6H13BO.C2H6.BH2N/c1-6(2,3)7(4,5)8;1-5(2,7)6(3,4)8;2*1-2/h8H,1-5H3;8H,1-4H3;1-2H3;2H2. The van der Waals surface area contributed by atoms with Gasteiger partial charge in [-0.25, -0.2) is 0 Å². The second-order valence-corrected chi connectivity index (χ2v) is 7.09. The summed E-state index contributed by atoms with van der Waals surface area (Å²) in [6.07, 6.45) is 0. The van der Waals surface area contributed by atoms with Gasteiger partial charge in [0, 0.05) is 0 Å². The molecule has 0 fully saturated rings. The van der Waals surface area contributed by atoms with Crippen LogP contribution in [0.1, 0.15) is 76.2 Å². The number of aliphatic hydroxyl groups is 2. The van der Waals surface area contributed by atoms with Crippen molar-refractivity contribution in [1.82, 2.24) is 0 Å². The van der Waals surface area contributed by atoms with Gasteiger partial charge in [0.05, 0.1) is 19.0 Å². The Morgan fingerprint density at radius 1 is 0.650 bits per heavy atom. The van der Waals surface area contributed by atoms with E-state index in [1.165, 1.54) is 0 Å². The molecule has 0 saturated carbocycles. The fourth-order valence-corrected chi connectivity index (χ4v) is 0. The molecule has 0 heterocycles. The molecule has 120 valence electrons. The minimum atomic E-state index is -0.785. The third-order valence-corrected chi connectivity index (χ3v) is 3.41. The van der Waals surface area contributed by atoms with Crippen molar-refractivity contribution in [2.45, 2.75) is 92.7 Å². The Labute approximate surface area is 130 Å². The molecular formula is C15H37B2NO2. The van der Waals surface area contributed by atoms with Crippen molar-refractivity contribution in [3.8, 4) is 0 Å². The average Bonchev–Trinajstić information content (AvgIpc) is 2.18. The van der Waals surface area contributed by atoms with Gasteiger partial charge >= 0.3 is 0 Å². The maximum absolute atomic E-state index is 9.35. The van der Waals surface area contributed by atoms with Crippen molar-refractivity contribution in [3.63, 3.8) is 0 Å². The van der Waals surface area contributed by atoms with E-state index in [4.69, 9.17) is 7.85 Å². The molecule has 0 aliphatic rings. The predicted molar refractivity (Wildman–Crippen MR) is 93.1 cm³/mol. The van der Waals surface area contributed by atoms with E-state index in [1.807, 2.05) is 48.5 Å². The lowest BCUT2D eigenvalue weighted by atomic mass is 9.62. The summed E-state index contributed by atoms with van der Waals surface area (Å²) in [5.41, 5.74) is 2.65. The molecule has 0 atom stereocenters. The second-order valence-electron chi connectivity index (χ2n) is 7.09. The van der Waals surface area contributed by atoms with Gasteiger partial charge in [0.25, 0.3) is 0 Å². The van der Waals surface area contributed by atoms with Crippen LogP contribution in [0.2, 0.25) is 5.31 Å². The third-order valence-electron chi connectivity index (χ3n) is 3.41.